The smallest absolute Gasteiger partial charge is 0.355 e. The maximum Gasteiger partial charge on any atom is 0.355 e. The zero-order valence-electron chi connectivity index (χ0n) is 12.3. The van der Waals surface area contributed by atoms with E-state index >= 15 is 0 Å². The number of carboxylic acid groups (broad SMARTS) is 1. The second-order valence-corrected chi connectivity index (χ2v) is 5.70. The van der Waals surface area contributed by atoms with E-state index in [1.54, 1.807) is 6.92 Å². The molecule has 0 aromatic carbocycles. The van der Waals surface area contributed by atoms with Gasteiger partial charge >= 0.3 is 12.5 Å². The van der Waals surface area contributed by atoms with E-state index in [-0.39, 0.29) is 30.3 Å². The molecule has 2 aromatic heterocycles. The fraction of sp³-hybridized carbons (Fsp3) is 0.385. The highest BCUT2D eigenvalue weighted by atomic mass is 32.1. The molecule has 23 heavy (non-hydrogen) atoms. The lowest BCUT2D eigenvalue weighted by Gasteiger charge is -2.05. The number of carbonyl (C=O) groups is 2. The summed E-state index contributed by atoms with van der Waals surface area (Å²) < 4.78 is 26.1. The zero-order chi connectivity index (χ0) is 17.1. The highest BCUT2D eigenvalue weighted by molar-refractivity contribution is 7.09. The van der Waals surface area contributed by atoms with Crippen LogP contribution in [0.4, 0.5) is 8.78 Å². The Hall–Kier alpha value is -2.36. The van der Waals surface area contributed by atoms with Crippen molar-refractivity contribution in [3.8, 4) is 0 Å². The number of halogens is 2. The van der Waals surface area contributed by atoms with Gasteiger partial charge in [-0.3, -0.25) is 4.79 Å². The normalized spacial score (nSPS) is 11.0. The summed E-state index contributed by atoms with van der Waals surface area (Å²) in [5.41, 5.74) is 0.993. The van der Waals surface area contributed by atoms with Gasteiger partial charge in [-0.25, -0.2) is 14.5 Å². The van der Waals surface area contributed by atoms with Crippen molar-refractivity contribution < 1.29 is 23.5 Å². The summed E-state index contributed by atoms with van der Waals surface area (Å²) in [7, 11) is 0. The average molecular weight is 344 g/mol. The molecule has 10 heteroatoms. The summed E-state index contributed by atoms with van der Waals surface area (Å²) in [5, 5.41) is 16.9. The number of hydrogen-bond acceptors (Lipinski definition) is 5. The Labute approximate surface area is 134 Å². The number of alkyl halides is 2. The lowest BCUT2D eigenvalue weighted by Crippen LogP contribution is -2.25. The standard InChI is InChI=1S/C13H14F2N4O3S/c1-6-8(7(2)19(18-6)13(14)15)3-10(20)16-4-11-17-9(5-23-11)12(21)22/h5,13H,3-4H2,1-2H3,(H,16,20)(H,21,22). The molecule has 0 unspecified atom stereocenters. The number of aromatic carboxylic acids is 1. The second kappa shape index (κ2) is 6.82. The van der Waals surface area contributed by atoms with E-state index in [1.165, 1.54) is 12.3 Å². The van der Waals surface area contributed by atoms with E-state index in [1.807, 2.05) is 0 Å². The molecule has 0 aliphatic carbocycles. The van der Waals surface area contributed by atoms with Crippen LogP contribution in [0.2, 0.25) is 0 Å². The highest BCUT2D eigenvalue weighted by Crippen LogP contribution is 2.19. The fourth-order valence-electron chi connectivity index (χ4n) is 2.03. The molecule has 0 radical (unpaired) electrons. The van der Waals surface area contributed by atoms with Crippen molar-refractivity contribution in [1.82, 2.24) is 20.1 Å². The van der Waals surface area contributed by atoms with Crippen molar-refractivity contribution >= 4 is 23.2 Å². The molecule has 0 saturated heterocycles. The Morgan fingerprint density at radius 3 is 2.65 bits per heavy atom. The van der Waals surface area contributed by atoms with Crippen LogP contribution in [0.15, 0.2) is 5.38 Å². The number of carbonyl (C=O) groups excluding carboxylic acids is 1. The third-order valence-electron chi connectivity index (χ3n) is 3.20. The van der Waals surface area contributed by atoms with Crippen LogP contribution in [0.5, 0.6) is 0 Å². The minimum absolute atomic E-state index is 0.0795. The number of thiazole rings is 1. The van der Waals surface area contributed by atoms with Crippen LogP contribution in [0.25, 0.3) is 0 Å². The Kier molecular flexibility index (Phi) is 5.04. The lowest BCUT2D eigenvalue weighted by molar-refractivity contribution is -0.120. The van der Waals surface area contributed by atoms with Crippen molar-refractivity contribution in [3.63, 3.8) is 0 Å². The molecular formula is C13H14F2N4O3S. The zero-order valence-corrected chi connectivity index (χ0v) is 13.2. The summed E-state index contributed by atoms with van der Waals surface area (Å²) in [4.78, 5) is 26.5. The van der Waals surface area contributed by atoms with Gasteiger partial charge in [0.25, 0.3) is 0 Å². The molecule has 2 N–H and O–H groups in total. The molecule has 0 saturated carbocycles. The number of amides is 1. The number of nitrogens with one attached hydrogen (secondary N) is 1. The number of carboxylic acids is 1. The largest absolute Gasteiger partial charge is 0.476 e. The number of aromatic nitrogens is 3. The predicted molar refractivity (Wildman–Crippen MR) is 77.6 cm³/mol. The third-order valence-corrected chi connectivity index (χ3v) is 4.05. The molecule has 0 aliphatic rings. The van der Waals surface area contributed by atoms with Gasteiger partial charge in [0.15, 0.2) is 5.69 Å². The minimum Gasteiger partial charge on any atom is -0.476 e. The number of rotatable bonds is 6. The van der Waals surface area contributed by atoms with E-state index in [2.05, 4.69) is 15.4 Å². The maximum absolute atomic E-state index is 12.7. The van der Waals surface area contributed by atoms with Gasteiger partial charge in [-0.1, -0.05) is 0 Å². The Balaban J connectivity index is 1.98. The van der Waals surface area contributed by atoms with Crippen LogP contribution in [-0.4, -0.2) is 31.7 Å². The van der Waals surface area contributed by atoms with Crippen LogP contribution in [0.1, 0.15) is 39.0 Å². The summed E-state index contributed by atoms with van der Waals surface area (Å²) in [6.07, 6.45) is -0.0818. The van der Waals surface area contributed by atoms with Gasteiger partial charge in [-0.15, -0.1) is 11.3 Å². The topological polar surface area (TPSA) is 97.1 Å². The predicted octanol–water partition coefficient (Wildman–Crippen LogP) is 1.91. The summed E-state index contributed by atoms with van der Waals surface area (Å²) in [6, 6.07) is 0. The number of aryl methyl sites for hydroxylation is 1. The van der Waals surface area contributed by atoms with Gasteiger partial charge in [0.1, 0.15) is 5.01 Å². The Bertz CT molecular complexity index is 742. The summed E-state index contributed by atoms with van der Waals surface area (Å²) >= 11 is 1.12. The van der Waals surface area contributed by atoms with Crippen molar-refractivity contribution in [2.24, 2.45) is 0 Å². The van der Waals surface area contributed by atoms with E-state index in [0.717, 1.165) is 11.3 Å². The van der Waals surface area contributed by atoms with Crippen LogP contribution in [-0.2, 0) is 17.8 Å². The third kappa shape index (κ3) is 3.89. The van der Waals surface area contributed by atoms with Crippen LogP contribution < -0.4 is 5.32 Å². The van der Waals surface area contributed by atoms with E-state index in [4.69, 9.17) is 5.11 Å². The molecule has 1 amide bonds. The first-order valence-corrected chi connectivity index (χ1v) is 7.44. The molecular weight excluding hydrogens is 330 g/mol. The molecule has 0 spiro atoms. The molecule has 0 aliphatic heterocycles. The van der Waals surface area contributed by atoms with Gasteiger partial charge in [0.05, 0.1) is 18.7 Å². The molecule has 2 rings (SSSR count). The maximum atomic E-state index is 12.7. The lowest BCUT2D eigenvalue weighted by atomic mass is 10.1. The van der Waals surface area contributed by atoms with E-state index < -0.39 is 12.5 Å². The summed E-state index contributed by atoms with van der Waals surface area (Å²) in [5.74, 6) is -1.51. The van der Waals surface area contributed by atoms with Crippen molar-refractivity contribution in [3.05, 3.63) is 33.0 Å². The first kappa shape index (κ1) is 17.0. The molecule has 7 nitrogen and oxygen atoms in total. The SMILES string of the molecule is Cc1nn(C(F)F)c(C)c1CC(=O)NCc1nc(C(=O)O)cs1. The molecule has 0 bridgehead atoms. The quantitative estimate of drug-likeness (QED) is 0.834. The first-order valence-electron chi connectivity index (χ1n) is 6.56. The van der Waals surface area contributed by atoms with Gasteiger partial charge < -0.3 is 10.4 Å². The molecule has 2 aromatic rings. The highest BCUT2D eigenvalue weighted by Gasteiger charge is 2.19. The Morgan fingerprint density at radius 1 is 1.43 bits per heavy atom. The summed E-state index contributed by atoms with van der Waals surface area (Å²) in [6.45, 7) is 0.372. The minimum atomic E-state index is -2.75. The molecule has 0 fully saturated rings. The van der Waals surface area contributed by atoms with Crippen molar-refractivity contribution in [2.75, 3.05) is 0 Å². The second-order valence-electron chi connectivity index (χ2n) is 4.76. The van der Waals surface area contributed by atoms with Gasteiger partial charge in [0.2, 0.25) is 5.91 Å². The van der Waals surface area contributed by atoms with Crippen LogP contribution >= 0.6 is 11.3 Å². The molecule has 2 heterocycles. The number of hydrogen-bond donors (Lipinski definition) is 2. The van der Waals surface area contributed by atoms with Crippen molar-refractivity contribution in [1.29, 1.82) is 0 Å². The van der Waals surface area contributed by atoms with E-state index in [9.17, 15) is 18.4 Å². The number of nitrogens with zero attached hydrogens (tertiary/aromatic N) is 3. The van der Waals surface area contributed by atoms with Gasteiger partial charge in [-0.2, -0.15) is 13.9 Å². The van der Waals surface area contributed by atoms with E-state index in [0.29, 0.717) is 20.9 Å². The molecule has 0 atom stereocenters. The molecule has 124 valence electrons. The van der Waals surface area contributed by atoms with Crippen molar-refractivity contribution in [2.45, 2.75) is 33.4 Å². The average Bonchev–Trinajstić information content (AvgIpc) is 3.05. The van der Waals surface area contributed by atoms with Crippen LogP contribution in [0, 0.1) is 13.8 Å². The fourth-order valence-corrected chi connectivity index (χ4v) is 2.74. The van der Waals surface area contributed by atoms with Gasteiger partial charge in [-0.05, 0) is 13.8 Å². The first-order chi connectivity index (χ1) is 10.8. The monoisotopic (exact) mass is 344 g/mol. The van der Waals surface area contributed by atoms with Gasteiger partial charge in [0, 0.05) is 16.6 Å². The van der Waals surface area contributed by atoms with Crippen LogP contribution in [0.3, 0.4) is 0 Å². The Morgan fingerprint density at radius 2 is 2.13 bits per heavy atom.